The number of hydrogen-bond donors (Lipinski definition) is 3. The summed E-state index contributed by atoms with van der Waals surface area (Å²) in [5.74, 6) is -2.60. The highest BCUT2D eigenvalue weighted by Crippen LogP contribution is 2.32. The number of para-hydroxylation sites is 1. The van der Waals surface area contributed by atoms with Gasteiger partial charge in [-0.25, -0.2) is 8.78 Å². The van der Waals surface area contributed by atoms with E-state index < -0.39 is 45.8 Å². The zero-order chi connectivity index (χ0) is 32.7. The maximum Gasteiger partial charge on any atom is 0.311 e. The van der Waals surface area contributed by atoms with Crippen LogP contribution in [0.3, 0.4) is 0 Å². The molecule has 0 spiro atoms. The molecule has 9 nitrogen and oxygen atoms in total. The molecule has 3 aromatic carbocycles. The number of nitrogens with zero attached hydrogens (tertiary/aromatic N) is 1. The number of fused-ring (bicyclic) bond motifs is 1. The van der Waals surface area contributed by atoms with Crippen LogP contribution in [0.2, 0.25) is 0 Å². The number of halogens is 2. The lowest BCUT2D eigenvalue weighted by Gasteiger charge is -2.29. The average Bonchev–Trinajstić information content (AvgIpc) is 2.97. The maximum absolute atomic E-state index is 14.0. The van der Waals surface area contributed by atoms with Crippen LogP contribution in [0.25, 0.3) is 0 Å². The standard InChI is InChI=1S/C33H39F2N3O6S/c1-4-10-38(11-5-2)33(41)24-13-21(3)12-23(17-24)32(40)37-28(16-22-14-25(34)18-26(35)15-22)30(39)19-36-29-20-45(42,43)44-31-9-7-6-8-27(29)31/h6-9,12-15,17-18,28-30,36,39H,4-5,10-11,16,19-20H2,1-3H3,(H,37,40)/t28-,29?,30+/m0/s1. The minimum absolute atomic E-state index is 0.135. The zero-order valence-corrected chi connectivity index (χ0v) is 26.4. The Morgan fingerprint density at radius 3 is 2.31 bits per heavy atom. The van der Waals surface area contributed by atoms with Crippen LogP contribution < -0.4 is 14.8 Å². The summed E-state index contributed by atoms with van der Waals surface area (Å²) in [6, 6.07) is 12.6. The Bertz CT molecular complexity index is 1610. The molecule has 0 saturated heterocycles. The van der Waals surface area contributed by atoms with Crippen molar-refractivity contribution in [3.63, 3.8) is 0 Å². The Morgan fingerprint density at radius 2 is 1.64 bits per heavy atom. The number of nitrogens with one attached hydrogen (secondary N) is 2. The third-order valence-electron chi connectivity index (χ3n) is 7.48. The second kappa shape index (κ2) is 14.9. The summed E-state index contributed by atoms with van der Waals surface area (Å²) in [7, 11) is -3.88. The number of aliphatic hydroxyl groups excluding tert-OH is 1. The Morgan fingerprint density at radius 1 is 1.00 bits per heavy atom. The van der Waals surface area contributed by atoms with Gasteiger partial charge in [0.15, 0.2) is 0 Å². The van der Waals surface area contributed by atoms with Gasteiger partial charge in [-0.05, 0) is 73.7 Å². The molecule has 1 aliphatic heterocycles. The number of hydrogen-bond acceptors (Lipinski definition) is 7. The molecule has 1 aliphatic rings. The van der Waals surface area contributed by atoms with Crippen LogP contribution in [0.4, 0.5) is 8.78 Å². The molecule has 0 radical (unpaired) electrons. The molecule has 3 N–H and O–H groups in total. The lowest BCUT2D eigenvalue weighted by molar-refractivity contribution is 0.0755. The van der Waals surface area contributed by atoms with Crippen LogP contribution in [-0.2, 0) is 16.5 Å². The summed E-state index contributed by atoms with van der Waals surface area (Å²) in [6.45, 7) is 6.71. The van der Waals surface area contributed by atoms with E-state index in [2.05, 4.69) is 10.6 Å². The summed E-state index contributed by atoms with van der Waals surface area (Å²) in [5, 5.41) is 17.1. The van der Waals surface area contributed by atoms with Gasteiger partial charge in [0.05, 0.1) is 18.2 Å². The van der Waals surface area contributed by atoms with Gasteiger partial charge in [-0.3, -0.25) is 9.59 Å². The van der Waals surface area contributed by atoms with Crippen molar-refractivity contribution in [3.8, 4) is 5.75 Å². The summed E-state index contributed by atoms with van der Waals surface area (Å²) >= 11 is 0. The molecule has 3 atom stereocenters. The smallest absolute Gasteiger partial charge is 0.311 e. The average molecular weight is 644 g/mol. The van der Waals surface area contributed by atoms with Gasteiger partial charge in [-0.15, -0.1) is 0 Å². The van der Waals surface area contributed by atoms with Gasteiger partial charge in [-0.2, -0.15) is 8.42 Å². The summed E-state index contributed by atoms with van der Waals surface area (Å²) in [5.41, 5.74) is 2.01. The highest BCUT2D eigenvalue weighted by atomic mass is 32.2. The highest BCUT2D eigenvalue weighted by Gasteiger charge is 2.32. The van der Waals surface area contributed by atoms with Crippen LogP contribution in [-0.4, -0.2) is 67.8 Å². The fraction of sp³-hybridized carbons (Fsp3) is 0.394. The zero-order valence-electron chi connectivity index (χ0n) is 25.6. The number of rotatable bonds is 13. The monoisotopic (exact) mass is 643 g/mol. The van der Waals surface area contributed by atoms with Crippen LogP contribution in [0, 0.1) is 18.6 Å². The molecule has 0 aliphatic carbocycles. The number of benzene rings is 3. The first kappa shape index (κ1) is 34.0. The number of carbonyl (C=O) groups is 2. The molecular weight excluding hydrogens is 604 g/mol. The summed E-state index contributed by atoms with van der Waals surface area (Å²) < 4.78 is 57.9. The van der Waals surface area contributed by atoms with Gasteiger partial charge in [0.25, 0.3) is 11.8 Å². The molecule has 1 heterocycles. The Kier molecular flexibility index (Phi) is 11.3. The molecule has 1 unspecified atom stereocenters. The fourth-order valence-corrected chi connectivity index (χ4v) is 6.67. The Labute approximate surface area is 262 Å². The van der Waals surface area contributed by atoms with Crippen molar-refractivity contribution in [2.45, 2.75) is 58.2 Å². The van der Waals surface area contributed by atoms with E-state index >= 15 is 0 Å². The summed E-state index contributed by atoms with van der Waals surface area (Å²) in [6.07, 6.45) is 0.118. The normalized spacial score (nSPS) is 16.6. The van der Waals surface area contributed by atoms with E-state index in [0.29, 0.717) is 29.8 Å². The Balaban J connectivity index is 1.58. The molecular formula is C33H39F2N3O6S. The SMILES string of the molecule is CCCN(CCC)C(=O)c1cc(C)cc(C(=O)N[C@@H](Cc2cc(F)cc(F)c2)[C@H](O)CNC2CS(=O)(=O)Oc3ccccc32)c1. The number of aryl methyl sites for hydroxylation is 1. The summed E-state index contributed by atoms with van der Waals surface area (Å²) in [4.78, 5) is 28.6. The van der Waals surface area contributed by atoms with E-state index in [9.17, 15) is 31.9 Å². The van der Waals surface area contributed by atoms with Crippen LogP contribution in [0.1, 0.15) is 70.1 Å². The van der Waals surface area contributed by atoms with E-state index in [0.717, 1.165) is 31.0 Å². The van der Waals surface area contributed by atoms with E-state index in [1.807, 2.05) is 13.8 Å². The van der Waals surface area contributed by atoms with Crippen molar-refractivity contribution in [2.24, 2.45) is 0 Å². The largest absolute Gasteiger partial charge is 0.390 e. The molecule has 0 fully saturated rings. The van der Waals surface area contributed by atoms with Crippen LogP contribution in [0.15, 0.2) is 60.7 Å². The van der Waals surface area contributed by atoms with E-state index in [1.54, 1.807) is 42.2 Å². The molecule has 3 aromatic rings. The van der Waals surface area contributed by atoms with Gasteiger partial charge >= 0.3 is 10.1 Å². The maximum atomic E-state index is 14.0. The second-order valence-electron chi connectivity index (χ2n) is 11.3. The molecule has 4 rings (SSSR count). The third-order valence-corrected chi connectivity index (χ3v) is 8.65. The third kappa shape index (κ3) is 9.09. The van der Waals surface area contributed by atoms with Crippen molar-refractivity contribution in [2.75, 3.05) is 25.4 Å². The van der Waals surface area contributed by atoms with E-state index in [4.69, 9.17) is 4.18 Å². The molecule has 12 heteroatoms. The first-order valence-corrected chi connectivity index (χ1v) is 16.6. The predicted molar refractivity (Wildman–Crippen MR) is 167 cm³/mol. The van der Waals surface area contributed by atoms with E-state index in [1.165, 1.54) is 12.1 Å². The second-order valence-corrected chi connectivity index (χ2v) is 12.9. The van der Waals surface area contributed by atoms with Crippen LogP contribution in [0.5, 0.6) is 5.75 Å². The van der Waals surface area contributed by atoms with Gasteiger partial charge < -0.3 is 24.8 Å². The molecule has 0 bridgehead atoms. The lowest BCUT2D eigenvalue weighted by Crippen LogP contribution is -2.50. The van der Waals surface area contributed by atoms with Crippen molar-refractivity contribution >= 4 is 21.9 Å². The minimum Gasteiger partial charge on any atom is -0.390 e. The molecule has 45 heavy (non-hydrogen) atoms. The van der Waals surface area contributed by atoms with Crippen molar-refractivity contribution in [1.82, 2.24) is 15.5 Å². The highest BCUT2D eigenvalue weighted by molar-refractivity contribution is 7.87. The number of aliphatic hydroxyl groups is 1. The fourth-order valence-electron chi connectivity index (χ4n) is 5.48. The molecule has 0 saturated carbocycles. The van der Waals surface area contributed by atoms with Gasteiger partial charge in [-0.1, -0.05) is 32.0 Å². The molecule has 242 valence electrons. The first-order chi connectivity index (χ1) is 21.4. The van der Waals surface area contributed by atoms with E-state index in [-0.39, 0.29) is 41.5 Å². The lowest BCUT2D eigenvalue weighted by atomic mass is 9.98. The number of carbonyl (C=O) groups excluding carboxylic acids is 2. The Hall–Kier alpha value is -3.87. The van der Waals surface area contributed by atoms with Gasteiger partial charge in [0.2, 0.25) is 0 Å². The van der Waals surface area contributed by atoms with Gasteiger partial charge in [0.1, 0.15) is 23.1 Å². The quantitative estimate of drug-likeness (QED) is 0.238. The number of amides is 2. The topological polar surface area (TPSA) is 125 Å². The van der Waals surface area contributed by atoms with Crippen molar-refractivity contribution in [1.29, 1.82) is 0 Å². The minimum atomic E-state index is -3.88. The first-order valence-electron chi connectivity index (χ1n) is 15.0. The molecule has 2 amide bonds. The van der Waals surface area contributed by atoms with Gasteiger partial charge in [0, 0.05) is 42.4 Å². The predicted octanol–water partition coefficient (Wildman–Crippen LogP) is 4.29. The van der Waals surface area contributed by atoms with Crippen LogP contribution >= 0.6 is 0 Å². The molecule has 0 aromatic heterocycles. The van der Waals surface area contributed by atoms with Crippen molar-refractivity contribution < 1.29 is 36.1 Å². The van der Waals surface area contributed by atoms with Crippen molar-refractivity contribution in [3.05, 3.63) is 100 Å².